The van der Waals surface area contributed by atoms with E-state index in [1.165, 1.54) is 6.42 Å². The van der Waals surface area contributed by atoms with Crippen molar-refractivity contribution >= 4 is 0 Å². The topological polar surface area (TPSA) is 56.5 Å². The van der Waals surface area contributed by atoms with Crippen LogP contribution in [-0.4, -0.2) is 19.8 Å². The summed E-state index contributed by atoms with van der Waals surface area (Å²) < 4.78 is 11.1. The molecule has 1 aliphatic rings. The monoisotopic (exact) mass is 236 g/mol. The third-order valence-electron chi connectivity index (χ3n) is 3.75. The standard InChI is InChI=1S/C13H20N2O2/c1-16-11-7-4-3-6-10(11)12(15-14)13(17-2)8-5-9-13/h3-4,6-7,12,15H,5,8-9,14H2,1-2H3. The summed E-state index contributed by atoms with van der Waals surface area (Å²) in [6, 6.07) is 7.89. The lowest BCUT2D eigenvalue weighted by atomic mass is 9.72. The highest BCUT2D eigenvalue weighted by Crippen LogP contribution is 2.46. The van der Waals surface area contributed by atoms with E-state index in [4.69, 9.17) is 15.3 Å². The number of nitrogens with two attached hydrogens (primary N) is 1. The minimum Gasteiger partial charge on any atom is -0.496 e. The van der Waals surface area contributed by atoms with Crippen molar-refractivity contribution in [2.24, 2.45) is 5.84 Å². The summed E-state index contributed by atoms with van der Waals surface area (Å²) in [6.45, 7) is 0. The molecule has 1 fully saturated rings. The predicted octanol–water partition coefficient (Wildman–Crippen LogP) is 1.77. The van der Waals surface area contributed by atoms with Crippen LogP contribution in [0.25, 0.3) is 0 Å². The molecule has 0 aromatic heterocycles. The van der Waals surface area contributed by atoms with Crippen LogP contribution in [-0.2, 0) is 4.74 Å². The van der Waals surface area contributed by atoms with E-state index < -0.39 is 0 Å². The molecule has 1 aromatic rings. The van der Waals surface area contributed by atoms with E-state index in [-0.39, 0.29) is 11.6 Å². The fourth-order valence-corrected chi connectivity index (χ4v) is 2.57. The zero-order valence-electron chi connectivity index (χ0n) is 10.4. The Hall–Kier alpha value is -1.10. The first kappa shape index (κ1) is 12.4. The molecule has 3 N–H and O–H groups in total. The zero-order chi connectivity index (χ0) is 12.3. The molecule has 1 saturated carbocycles. The zero-order valence-corrected chi connectivity index (χ0v) is 10.4. The summed E-state index contributed by atoms with van der Waals surface area (Å²) in [4.78, 5) is 0. The number of benzene rings is 1. The van der Waals surface area contributed by atoms with Crippen molar-refractivity contribution in [3.8, 4) is 5.75 Å². The van der Waals surface area contributed by atoms with Gasteiger partial charge in [0.05, 0.1) is 18.8 Å². The van der Waals surface area contributed by atoms with Crippen LogP contribution in [0.4, 0.5) is 0 Å². The molecule has 1 aromatic carbocycles. The molecule has 0 bridgehead atoms. The summed E-state index contributed by atoms with van der Waals surface area (Å²) in [7, 11) is 3.42. The lowest BCUT2D eigenvalue weighted by molar-refractivity contribution is -0.100. The largest absolute Gasteiger partial charge is 0.496 e. The van der Waals surface area contributed by atoms with Crippen LogP contribution in [0.1, 0.15) is 30.9 Å². The van der Waals surface area contributed by atoms with Gasteiger partial charge in [-0.15, -0.1) is 0 Å². The maximum atomic E-state index is 5.71. The SMILES string of the molecule is COc1ccccc1C(NN)C1(OC)CCC1. The smallest absolute Gasteiger partial charge is 0.123 e. The van der Waals surface area contributed by atoms with E-state index in [0.717, 1.165) is 24.2 Å². The lowest BCUT2D eigenvalue weighted by Crippen LogP contribution is -2.52. The Morgan fingerprint density at radius 3 is 2.47 bits per heavy atom. The van der Waals surface area contributed by atoms with Crippen LogP contribution in [0, 0.1) is 0 Å². The Labute approximate surface area is 102 Å². The van der Waals surface area contributed by atoms with E-state index in [9.17, 15) is 0 Å². The molecule has 1 unspecified atom stereocenters. The first-order valence-corrected chi connectivity index (χ1v) is 5.91. The van der Waals surface area contributed by atoms with Gasteiger partial charge in [-0.3, -0.25) is 5.84 Å². The van der Waals surface area contributed by atoms with Crippen LogP contribution in [0.3, 0.4) is 0 Å². The molecule has 0 aliphatic heterocycles. The highest BCUT2D eigenvalue weighted by Gasteiger charge is 2.45. The van der Waals surface area contributed by atoms with Crippen molar-refractivity contribution in [2.75, 3.05) is 14.2 Å². The number of hydrogen-bond acceptors (Lipinski definition) is 4. The van der Waals surface area contributed by atoms with Crippen LogP contribution in [0.15, 0.2) is 24.3 Å². The molecule has 17 heavy (non-hydrogen) atoms. The fourth-order valence-electron chi connectivity index (χ4n) is 2.57. The van der Waals surface area contributed by atoms with Crippen molar-refractivity contribution in [1.29, 1.82) is 0 Å². The van der Waals surface area contributed by atoms with Crippen molar-refractivity contribution in [3.63, 3.8) is 0 Å². The Kier molecular flexibility index (Phi) is 3.66. The Morgan fingerprint density at radius 1 is 1.29 bits per heavy atom. The van der Waals surface area contributed by atoms with Gasteiger partial charge in [0, 0.05) is 12.7 Å². The molecule has 1 atom stereocenters. The van der Waals surface area contributed by atoms with Crippen LogP contribution >= 0.6 is 0 Å². The molecule has 0 heterocycles. The van der Waals surface area contributed by atoms with Gasteiger partial charge in [-0.25, -0.2) is 5.43 Å². The van der Waals surface area contributed by atoms with Gasteiger partial charge >= 0.3 is 0 Å². The average Bonchev–Trinajstić information content (AvgIpc) is 2.33. The van der Waals surface area contributed by atoms with Crippen molar-refractivity contribution in [3.05, 3.63) is 29.8 Å². The van der Waals surface area contributed by atoms with Gasteiger partial charge in [0.25, 0.3) is 0 Å². The van der Waals surface area contributed by atoms with Gasteiger partial charge in [-0.2, -0.15) is 0 Å². The molecular formula is C13H20N2O2. The molecule has 94 valence electrons. The maximum Gasteiger partial charge on any atom is 0.123 e. The fraction of sp³-hybridized carbons (Fsp3) is 0.538. The van der Waals surface area contributed by atoms with Gasteiger partial charge in [-0.05, 0) is 25.3 Å². The van der Waals surface area contributed by atoms with Gasteiger partial charge in [0.2, 0.25) is 0 Å². The van der Waals surface area contributed by atoms with Crippen LogP contribution < -0.4 is 16.0 Å². The number of nitrogens with one attached hydrogen (secondary N) is 1. The second kappa shape index (κ2) is 5.04. The number of para-hydroxylation sites is 1. The third-order valence-corrected chi connectivity index (χ3v) is 3.75. The average molecular weight is 236 g/mol. The van der Waals surface area contributed by atoms with E-state index in [0.29, 0.717) is 0 Å². The number of methoxy groups -OCH3 is 2. The van der Waals surface area contributed by atoms with Gasteiger partial charge < -0.3 is 9.47 Å². The predicted molar refractivity (Wildman–Crippen MR) is 66.6 cm³/mol. The molecular weight excluding hydrogens is 216 g/mol. The van der Waals surface area contributed by atoms with Gasteiger partial charge in [0.15, 0.2) is 0 Å². The molecule has 0 spiro atoms. The summed E-state index contributed by atoms with van der Waals surface area (Å²) >= 11 is 0. The van der Waals surface area contributed by atoms with Crippen LogP contribution in [0.5, 0.6) is 5.75 Å². The molecule has 1 aliphatic carbocycles. The first-order chi connectivity index (χ1) is 8.27. The van der Waals surface area contributed by atoms with Gasteiger partial charge in [-0.1, -0.05) is 18.2 Å². The van der Waals surface area contributed by atoms with E-state index >= 15 is 0 Å². The highest BCUT2D eigenvalue weighted by atomic mass is 16.5. The Bertz CT molecular complexity index is 372. The Morgan fingerprint density at radius 2 is 2.00 bits per heavy atom. The summed E-state index contributed by atoms with van der Waals surface area (Å²) in [5.74, 6) is 6.56. The summed E-state index contributed by atoms with van der Waals surface area (Å²) in [5, 5.41) is 0. The second-order valence-corrected chi connectivity index (χ2v) is 4.46. The molecule has 0 saturated heterocycles. The molecule has 4 heteroatoms. The third kappa shape index (κ3) is 2.04. The molecule has 0 amide bonds. The highest BCUT2D eigenvalue weighted by molar-refractivity contribution is 5.38. The molecule has 2 rings (SSSR count). The summed E-state index contributed by atoms with van der Waals surface area (Å²) in [6.07, 6.45) is 3.23. The molecule has 0 radical (unpaired) electrons. The van der Waals surface area contributed by atoms with E-state index in [2.05, 4.69) is 5.43 Å². The van der Waals surface area contributed by atoms with E-state index in [1.54, 1.807) is 14.2 Å². The normalized spacial score (nSPS) is 19.5. The minimum absolute atomic E-state index is 0.0302. The van der Waals surface area contributed by atoms with Crippen molar-refractivity contribution in [1.82, 2.24) is 5.43 Å². The molecule has 4 nitrogen and oxygen atoms in total. The quantitative estimate of drug-likeness (QED) is 0.604. The van der Waals surface area contributed by atoms with Crippen molar-refractivity contribution < 1.29 is 9.47 Å². The lowest BCUT2D eigenvalue weighted by Gasteiger charge is -2.46. The Balaban J connectivity index is 2.34. The maximum absolute atomic E-state index is 5.71. The van der Waals surface area contributed by atoms with Crippen LogP contribution in [0.2, 0.25) is 0 Å². The number of rotatable bonds is 5. The summed E-state index contributed by atoms with van der Waals surface area (Å²) in [5.41, 5.74) is 3.75. The van der Waals surface area contributed by atoms with E-state index in [1.807, 2.05) is 24.3 Å². The number of hydrazine groups is 1. The second-order valence-electron chi connectivity index (χ2n) is 4.46. The minimum atomic E-state index is -0.191. The number of hydrogen-bond donors (Lipinski definition) is 2. The van der Waals surface area contributed by atoms with Crippen molar-refractivity contribution in [2.45, 2.75) is 30.9 Å². The van der Waals surface area contributed by atoms with Gasteiger partial charge in [0.1, 0.15) is 5.75 Å². The number of ether oxygens (including phenoxy) is 2. The first-order valence-electron chi connectivity index (χ1n) is 5.91.